The standard InChI is InChI=1S/C22H29F3N4O2.HI/c23-22(24,25)19-6-4-18(5-7-19)17-28-21(27-10-8-20-3-1-14-31-20)26-9-2-11-29-12-15-30-16-13-29;/h1,3-7,14H,2,8-13,15-17H2,(H2,26,27,28);1H. The number of morpholine rings is 1. The highest BCUT2D eigenvalue weighted by atomic mass is 127. The molecule has 178 valence electrons. The van der Waals surface area contributed by atoms with E-state index in [4.69, 9.17) is 9.15 Å². The summed E-state index contributed by atoms with van der Waals surface area (Å²) in [5, 5.41) is 6.58. The van der Waals surface area contributed by atoms with Crippen molar-refractivity contribution in [3.8, 4) is 0 Å². The molecule has 0 aliphatic carbocycles. The van der Waals surface area contributed by atoms with Crippen molar-refractivity contribution in [3.05, 3.63) is 59.5 Å². The largest absolute Gasteiger partial charge is 0.469 e. The second-order valence-corrected chi connectivity index (χ2v) is 7.35. The Morgan fingerprint density at radius 1 is 1.03 bits per heavy atom. The van der Waals surface area contributed by atoms with Gasteiger partial charge >= 0.3 is 6.18 Å². The van der Waals surface area contributed by atoms with Crippen molar-refractivity contribution in [2.24, 2.45) is 4.99 Å². The number of rotatable bonds is 9. The van der Waals surface area contributed by atoms with Crippen molar-refractivity contribution in [1.29, 1.82) is 0 Å². The second kappa shape index (κ2) is 13.7. The molecule has 1 fully saturated rings. The molecule has 6 nitrogen and oxygen atoms in total. The Bertz CT molecular complexity index is 793. The molecule has 1 aromatic carbocycles. The van der Waals surface area contributed by atoms with Gasteiger partial charge in [-0.2, -0.15) is 13.2 Å². The number of benzene rings is 1. The molecule has 0 saturated carbocycles. The molecule has 0 atom stereocenters. The van der Waals surface area contributed by atoms with Crippen LogP contribution in [0.15, 0.2) is 52.1 Å². The number of guanidine groups is 1. The second-order valence-electron chi connectivity index (χ2n) is 7.35. The zero-order chi connectivity index (χ0) is 21.9. The quantitative estimate of drug-likeness (QED) is 0.209. The normalized spacial score (nSPS) is 15.3. The van der Waals surface area contributed by atoms with E-state index >= 15 is 0 Å². The fourth-order valence-electron chi connectivity index (χ4n) is 3.24. The number of hydrogen-bond acceptors (Lipinski definition) is 4. The molecule has 3 rings (SSSR count). The zero-order valence-corrected chi connectivity index (χ0v) is 20.2. The van der Waals surface area contributed by atoms with E-state index in [0.29, 0.717) is 24.5 Å². The maximum Gasteiger partial charge on any atom is 0.416 e. The molecular formula is C22H30F3IN4O2. The van der Waals surface area contributed by atoms with Crippen LogP contribution in [-0.2, 0) is 23.9 Å². The number of nitrogens with one attached hydrogen (secondary N) is 2. The van der Waals surface area contributed by atoms with Crippen LogP contribution in [0.25, 0.3) is 0 Å². The molecule has 0 bridgehead atoms. The summed E-state index contributed by atoms with van der Waals surface area (Å²) >= 11 is 0. The Morgan fingerprint density at radius 3 is 2.41 bits per heavy atom. The molecule has 1 aliphatic rings. The summed E-state index contributed by atoms with van der Waals surface area (Å²) in [6, 6.07) is 8.86. The zero-order valence-electron chi connectivity index (χ0n) is 17.9. The molecular weight excluding hydrogens is 536 g/mol. The molecule has 0 amide bonds. The molecule has 0 unspecified atom stereocenters. The molecule has 2 aromatic rings. The minimum Gasteiger partial charge on any atom is -0.469 e. The molecule has 1 saturated heterocycles. The van der Waals surface area contributed by atoms with Gasteiger partial charge in [0, 0.05) is 32.6 Å². The summed E-state index contributed by atoms with van der Waals surface area (Å²) < 4.78 is 48.9. The van der Waals surface area contributed by atoms with Crippen molar-refractivity contribution < 1.29 is 22.3 Å². The summed E-state index contributed by atoms with van der Waals surface area (Å²) in [7, 11) is 0. The fourth-order valence-corrected chi connectivity index (χ4v) is 3.24. The first-order chi connectivity index (χ1) is 15.0. The third kappa shape index (κ3) is 9.37. The van der Waals surface area contributed by atoms with Crippen molar-refractivity contribution in [2.45, 2.75) is 25.6 Å². The Morgan fingerprint density at radius 2 is 1.75 bits per heavy atom. The van der Waals surface area contributed by atoms with Crippen molar-refractivity contribution in [3.63, 3.8) is 0 Å². The maximum absolute atomic E-state index is 12.7. The number of hydrogen-bond donors (Lipinski definition) is 2. The van der Waals surface area contributed by atoms with E-state index in [9.17, 15) is 13.2 Å². The molecule has 0 spiro atoms. The van der Waals surface area contributed by atoms with Crippen LogP contribution < -0.4 is 10.6 Å². The predicted molar refractivity (Wildman–Crippen MR) is 128 cm³/mol. The van der Waals surface area contributed by atoms with Gasteiger partial charge in [-0.1, -0.05) is 12.1 Å². The summed E-state index contributed by atoms with van der Waals surface area (Å²) in [5.41, 5.74) is 0.0618. The van der Waals surface area contributed by atoms with Crippen molar-refractivity contribution in [1.82, 2.24) is 15.5 Å². The van der Waals surface area contributed by atoms with Gasteiger partial charge in [-0.05, 0) is 42.8 Å². The summed E-state index contributed by atoms with van der Waals surface area (Å²) in [5.74, 6) is 1.51. The van der Waals surface area contributed by atoms with E-state index in [2.05, 4.69) is 20.5 Å². The number of halogens is 4. The molecule has 32 heavy (non-hydrogen) atoms. The van der Waals surface area contributed by atoms with Crippen LogP contribution in [-0.4, -0.2) is 56.8 Å². The van der Waals surface area contributed by atoms with E-state index in [1.165, 1.54) is 12.1 Å². The average molecular weight is 566 g/mol. The lowest BCUT2D eigenvalue weighted by atomic mass is 10.1. The van der Waals surface area contributed by atoms with E-state index in [1.54, 1.807) is 6.26 Å². The Labute approximate surface area is 203 Å². The van der Waals surface area contributed by atoms with Gasteiger partial charge in [0.1, 0.15) is 5.76 Å². The lowest BCUT2D eigenvalue weighted by molar-refractivity contribution is -0.137. The minimum absolute atomic E-state index is 0. The van der Waals surface area contributed by atoms with Crippen LogP contribution in [0.4, 0.5) is 13.2 Å². The highest BCUT2D eigenvalue weighted by Gasteiger charge is 2.29. The number of aliphatic imine (C=N–C) groups is 1. The highest BCUT2D eigenvalue weighted by molar-refractivity contribution is 14.0. The van der Waals surface area contributed by atoms with Gasteiger partial charge in [-0.25, -0.2) is 4.99 Å². The number of furan rings is 1. The van der Waals surface area contributed by atoms with Crippen molar-refractivity contribution in [2.75, 3.05) is 45.9 Å². The van der Waals surface area contributed by atoms with Gasteiger partial charge in [0.2, 0.25) is 0 Å². The first-order valence-corrected chi connectivity index (χ1v) is 10.5. The topological polar surface area (TPSA) is 62.0 Å². The van der Waals surface area contributed by atoms with Gasteiger partial charge in [-0.15, -0.1) is 24.0 Å². The van der Waals surface area contributed by atoms with Crippen LogP contribution in [0.5, 0.6) is 0 Å². The van der Waals surface area contributed by atoms with Gasteiger partial charge in [0.05, 0.1) is 31.6 Å². The molecule has 0 radical (unpaired) electrons. The molecule has 2 N–H and O–H groups in total. The van der Waals surface area contributed by atoms with Gasteiger partial charge in [-0.3, -0.25) is 4.90 Å². The predicted octanol–water partition coefficient (Wildman–Crippen LogP) is 3.92. The van der Waals surface area contributed by atoms with Gasteiger partial charge in [0.25, 0.3) is 0 Å². The number of nitrogens with zero attached hydrogens (tertiary/aromatic N) is 2. The third-order valence-electron chi connectivity index (χ3n) is 4.99. The number of ether oxygens (including phenoxy) is 1. The van der Waals surface area contributed by atoms with Crippen LogP contribution in [0.3, 0.4) is 0 Å². The van der Waals surface area contributed by atoms with Crippen molar-refractivity contribution >= 4 is 29.9 Å². The van der Waals surface area contributed by atoms with Gasteiger partial charge < -0.3 is 19.8 Å². The monoisotopic (exact) mass is 566 g/mol. The van der Waals surface area contributed by atoms with Crippen LogP contribution >= 0.6 is 24.0 Å². The van der Waals surface area contributed by atoms with E-state index in [0.717, 1.165) is 63.7 Å². The lowest BCUT2D eigenvalue weighted by Crippen LogP contribution is -2.41. The Kier molecular flexibility index (Phi) is 11.3. The average Bonchev–Trinajstić information content (AvgIpc) is 3.28. The molecule has 2 heterocycles. The Balaban J connectivity index is 0.00000363. The lowest BCUT2D eigenvalue weighted by Gasteiger charge is -2.26. The Hall–Kier alpha value is -1.79. The van der Waals surface area contributed by atoms with E-state index in [1.807, 2.05) is 12.1 Å². The first-order valence-electron chi connectivity index (χ1n) is 10.5. The highest BCUT2D eigenvalue weighted by Crippen LogP contribution is 2.29. The van der Waals surface area contributed by atoms with Crippen LogP contribution in [0.2, 0.25) is 0 Å². The SMILES string of the molecule is FC(F)(F)c1ccc(CN=C(NCCCN2CCOCC2)NCCc2ccco2)cc1.I. The first kappa shape index (κ1) is 26.5. The molecule has 10 heteroatoms. The van der Waals surface area contributed by atoms with E-state index < -0.39 is 11.7 Å². The fraction of sp³-hybridized carbons (Fsp3) is 0.500. The minimum atomic E-state index is -4.33. The van der Waals surface area contributed by atoms with Crippen LogP contribution in [0.1, 0.15) is 23.3 Å². The third-order valence-corrected chi connectivity index (χ3v) is 4.99. The van der Waals surface area contributed by atoms with Crippen LogP contribution in [0, 0.1) is 0 Å². The molecule has 1 aromatic heterocycles. The maximum atomic E-state index is 12.7. The number of alkyl halides is 3. The molecule has 1 aliphatic heterocycles. The van der Waals surface area contributed by atoms with Gasteiger partial charge in [0.15, 0.2) is 5.96 Å². The smallest absolute Gasteiger partial charge is 0.416 e. The summed E-state index contributed by atoms with van der Waals surface area (Å²) in [6.45, 7) is 6.12. The summed E-state index contributed by atoms with van der Waals surface area (Å²) in [4.78, 5) is 6.91. The summed E-state index contributed by atoms with van der Waals surface area (Å²) in [6.07, 6.45) is -1.03. The van der Waals surface area contributed by atoms with E-state index in [-0.39, 0.29) is 30.5 Å².